The van der Waals surface area contributed by atoms with Gasteiger partial charge in [0, 0.05) is 27.7 Å². The Morgan fingerprint density at radius 3 is 1.49 bits per heavy atom. The van der Waals surface area contributed by atoms with Crippen LogP contribution in [0.2, 0.25) is 0 Å². The first-order valence-electron chi connectivity index (χ1n) is 28.6. The van der Waals surface area contributed by atoms with E-state index in [0.29, 0.717) is 0 Å². The lowest BCUT2D eigenvalue weighted by molar-refractivity contribution is 0.749. The first kappa shape index (κ1) is 46.4. The van der Waals surface area contributed by atoms with Crippen LogP contribution in [-0.4, -0.2) is 4.57 Å². The molecule has 1 unspecified atom stereocenters. The summed E-state index contributed by atoms with van der Waals surface area (Å²) in [6.45, 7) is 0. The zero-order valence-electron chi connectivity index (χ0n) is 44.9. The van der Waals surface area contributed by atoms with Crippen molar-refractivity contribution in [2.45, 2.75) is 10.8 Å². The number of aromatic nitrogens is 1. The highest BCUT2D eigenvalue weighted by molar-refractivity contribution is 6.13. The van der Waals surface area contributed by atoms with Gasteiger partial charge in [-0.2, -0.15) is 0 Å². The van der Waals surface area contributed by atoms with Crippen molar-refractivity contribution < 1.29 is 0 Å². The monoisotopic (exact) mass is 1040 g/mol. The Hall–Kier alpha value is -10.5. The summed E-state index contributed by atoms with van der Waals surface area (Å²) in [6.07, 6.45) is 0. The highest BCUT2D eigenvalue weighted by Gasteiger charge is 2.51. The van der Waals surface area contributed by atoms with E-state index in [1.165, 1.54) is 122 Å². The summed E-state index contributed by atoms with van der Waals surface area (Å²) < 4.78 is 2.53. The SMILES string of the molecule is c1ccc(-c2ccc(-c3ccc(N(c4cccc(-c5ccc6c(c5)C5(c7ccccc7-6)c6ccccc6-n6c7ccccc7c7cccc5c76)c4)c4cccc5c4-c4ccccc4C5(c4ccccc4)c4ccccc4)cc3)cc2)cc1. The third-order valence-corrected chi connectivity index (χ3v) is 18.3. The first-order chi connectivity index (χ1) is 40.7. The van der Waals surface area contributed by atoms with Gasteiger partial charge in [0.1, 0.15) is 0 Å². The molecule has 1 spiro atoms. The third kappa shape index (κ3) is 6.46. The summed E-state index contributed by atoms with van der Waals surface area (Å²) in [6, 6.07) is 118. The number of para-hydroxylation sites is 3. The number of fused-ring (bicyclic) bond motifs is 15. The zero-order chi connectivity index (χ0) is 53.9. The molecule has 1 aromatic heterocycles. The molecule has 13 aromatic carbocycles. The van der Waals surface area contributed by atoms with Crippen molar-refractivity contribution in [2.75, 3.05) is 4.90 Å². The second-order valence-corrected chi connectivity index (χ2v) is 22.2. The lowest BCUT2D eigenvalue weighted by Crippen LogP contribution is -2.33. The van der Waals surface area contributed by atoms with E-state index in [4.69, 9.17) is 0 Å². The molecule has 2 heterocycles. The molecule has 2 aliphatic carbocycles. The van der Waals surface area contributed by atoms with Gasteiger partial charge in [-0.1, -0.05) is 267 Å². The molecule has 0 saturated heterocycles. The maximum atomic E-state index is 2.53. The summed E-state index contributed by atoms with van der Waals surface area (Å²) in [5.41, 5.74) is 28.4. The number of anilines is 3. The largest absolute Gasteiger partial charge is 0.310 e. The predicted molar refractivity (Wildman–Crippen MR) is 340 cm³/mol. The van der Waals surface area contributed by atoms with E-state index in [1.54, 1.807) is 0 Å². The van der Waals surface area contributed by atoms with Crippen LogP contribution in [0.1, 0.15) is 44.5 Å². The van der Waals surface area contributed by atoms with Crippen molar-refractivity contribution in [2.24, 2.45) is 0 Å². The fourth-order valence-electron chi connectivity index (χ4n) is 14.9. The minimum atomic E-state index is -0.558. The average molecular weight is 1040 g/mol. The minimum Gasteiger partial charge on any atom is -0.310 e. The molecule has 3 aliphatic rings. The number of hydrogen-bond donors (Lipinski definition) is 0. The van der Waals surface area contributed by atoms with Crippen LogP contribution in [0.4, 0.5) is 17.1 Å². The van der Waals surface area contributed by atoms with Crippen LogP contribution in [0, 0.1) is 0 Å². The van der Waals surface area contributed by atoms with Gasteiger partial charge in [0.25, 0.3) is 0 Å². The van der Waals surface area contributed by atoms with E-state index in [9.17, 15) is 0 Å². The second kappa shape index (κ2) is 18.0. The molecule has 0 fully saturated rings. The molecule has 2 nitrogen and oxygen atoms in total. The highest BCUT2D eigenvalue weighted by atomic mass is 15.1. The van der Waals surface area contributed by atoms with E-state index in [0.717, 1.165) is 22.6 Å². The third-order valence-electron chi connectivity index (χ3n) is 18.3. The van der Waals surface area contributed by atoms with E-state index in [-0.39, 0.29) is 0 Å². The molecule has 1 aliphatic heterocycles. The summed E-state index contributed by atoms with van der Waals surface area (Å²) in [4.78, 5) is 2.51. The lowest BCUT2D eigenvalue weighted by Gasteiger charge is -2.39. The molecular formula is C80H52N2. The number of benzene rings is 13. The second-order valence-electron chi connectivity index (χ2n) is 22.2. The first-order valence-corrected chi connectivity index (χ1v) is 28.6. The molecule has 0 amide bonds. The van der Waals surface area contributed by atoms with E-state index in [2.05, 4.69) is 325 Å². The maximum Gasteiger partial charge on any atom is 0.0754 e. The van der Waals surface area contributed by atoms with Crippen molar-refractivity contribution in [1.82, 2.24) is 4.57 Å². The van der Waals surface area contributed by atoms with Crippen LogP contribution in [-0.2, 0) is 10.8 Å². The molecule has 2 heteroatoms. The van der Waals surface area contributed by atoms with E-state index < -0.39 is 10.8 Å². The van der Waals surface area contributed by atoms with Crippen molar-refractivity contribution in [3.05, 3.63) is 360 Å². The van der Waals surface area contributed by atoms with Crippen LogP contribution < -0.4 is 4.90 Å². The minimum absolute atomic E-state index is 0.553. The van der Waals surface area contributed by atoms with Gasteiger partial charge in [0.15, 0.2) is 0 Å². The summed E-state index contributed by atoms with van der Waals surface area (Å²) in [7, 11) is 0. The molecule has 0 radical (unpaired) electrons. The van der Waals surface area contributed by atoms with Gasteiger partial charge in [-0.05, 0) is 143 Å². The Labute approximate surface area is 477 Å². The summed E-state index contributed by atoms with van der Waals surface area (Å²) >= 11 is 0. The number of hydrogen-bond acceptors (Lipinski definition) is 1. The topological polar surface area (TPSA) is 8.17 Å². The van der Waals surface area contributed by atoms with Crippen LogP contribution >= 0.6 is 0 Å². The fraction of sp³-hybridized carbons (Fsp3) is 0.0250. The molecule has 0 bridgehead atoms. The van der Waals surface area contributed by atoms with Crippen LogP contribution in [0.3, 0.4) is 0 Å². The molecule has 0 saturated carbocycles. The molecular weight excluding hydrogens is 989 g/mol. The van der Waals surface area contributed by atoms with Crippen LogP contribution in [0.25, 0.3) is 83.1 Å². The van der Waals surface area contributed by atoms with E-state index >= 15 is 0 Å². The van der Waals surface area contributed by atoms with Gasteiger partial charge >= 0.3 is 0 Å². The van der Waals surface area contributed by atoms with Gasteiger partial charge < -0.3 is 9.47 Å². The lowest BCUT2D eigenvalue weighted by atomic mass is 9.65. The highest BCUT2D eigenvalue weighted by Crippen LogP contribution is 2.63. The average Bonchev–Trinajstić information content (AvgIpc) is 2.79. The maximum absolute atomic E-state index is 2.53. The summed E-state index contributed by atoms with van der Waals surface area (Å²) in [5.74, 6) is 0. The molecule has 17 rings (SSSR count). The number of rotatable bonds is 8. The van der Waals surface area contributed by atoms with E-state index in [1.807, 2.05) is 0 Å². The van der Waals surface area contributed by atoms with Crippen LogP contribution in [0.5, 0.6) is 0 Å². The van der Waals surface area contributed by atoms with Gasteiger partial charge in [-0.15, -0.1) is 0 Å². The van der Waals surface area contributed by atoms with Gasteiger partial charge in [0.2, 0.25) is 0 Å². The Balaban J connectivity index is 0.869. The predicted octanol–water partition coefficient (Wildman–Crippen LogP) is 20.3. The fourth-order valence-corrected chi connectivity index (χ4v) is 14.9. The van der Waals surface area contributed by atoms with Gasteiger partial charge in [-0.3, -0.25) is 0 Å². The van der Waals surface area contributed by atoms with Crippen LogP contribution in [0.15, 0.2) is 315 Å². The summed E-state index contributed by atoms with van der Waals surface area (Å²) in [5, 5.41) is 2.56. The zero-order valence-corrected chi connectivity index (χ0v) is 44.9. The van der Waals surface area contributed by atoms with Gasteiger partial charge in [-0.25, -0.2) is 0 Å². The molecule has 0 N–H and O–H groups in total. The molecule has 82 heavy (non-hydrogen) atoms. The normalized spacial score (nSPS) is 14.7. The Morgan fingerprint density at radius 1 is 0.268 bits per heavy atom. The molecule has 382 valence electrons. The van der Waals surface area contributed by atoms with Gasteiger partial charge in [0.05, 0.1) is 33.2 Å². The van der Waals surface area contributed by atoms with Crippen molar-refractivity contribution >= 4 is 38.9 Å². The quantitative estimate of drug-likeness (QED) is 0.147. The van der Waals surface area contributed by atoms with Crippen molar-refractivity contribution in [3.63, 3.8) is 0 Å². The Bertz CT molecular complexity index is 4800. The number of nitrogens with zero attached hydrogens (tertiary/aromatic N) is 2. The Kier molecular flexibility index (Phi) is 10.2. The van der Waals surface area contributed by atoms with Crippen molar-refractivity contribution in [1.29, 1.82) is 0 Å². The Morgan fingerprint density at radius 2 is 0.756 bits per heavy atom. The standard InChI is InChI=1S/C80H52N2/c1-4-21-53(22-5-1)54-41-43-55(44-42-54)56-45-48-61(49-46-56)81(76-40-20-36-71-77(76)67-31-11-14-34-69(67)79(71,59-24-6-2-7-25-59)60-26-8-3-9-27-60)62-28-18-23-57(51-62)58-47-50-64-63-29-10-13-33-68(63)80(73(64)52-58)70-35-15-17-39-75(70)82-74-38-16-12-30-65(74)66-32-19-37-72(80)78(66)82/h1-52H. The van der Waals surface area contributed by atoms with Crippen molar-refractivity contribution in [3.8, 4) is 61.3 Å². The smallest absolute Gasteiger partial charge is 0.0754 e. The molecule has 1 atom stereocenters. The molecule has 14 aromatic rings.